The Kier molecular flexibility index (Phi) is 2.68. The number of aryl methyl sites for hydroxylation is 1. The zero-order valence-electron chi connectivity index (χ0n) is 8.73. The Labute approximate surface area is 92.4 Å². The smallest absolute Gasteiger partial charge is 0.151 e. The molecule has 0 radical (unpaired) electrons. The molecule has 2 aromatic rings. The Morgan fingerprint density at radius 3 is 2.87 bits per heavy atom. The third kappa shape index (κ3) is 1.85. The van der Waals surface area contributed by atoms with Crippen LogP contribution in [0.4, 0.5) is 0 Å². The first-order valence-corrected chi connectivity index (χ1v) is 5.65. The van der Waals surface area contributed by atoms with Gasteiger partial charge in [-0.3, -0.25) is 4.79 Å². The van der Waals surface area contributed by atoms with Gasteiger partial charge in [0.15, 0.2) is 6.29 Å². The van der Waals surface area contributed by atoms with Crippen LogP contribution in [0.25, 0.3) is 0 Å². The van der Waals surface area contributed by atoms with Gasteiger partial charge in [-0.05, 0) is 19.9 Å². The van der Waals surface area contributed by atoms with E-state index in [-0.39, 0.29) is 0 Å². The standard InChI is InChI=1S/C11H12N2OS/c1-8-3-10(5-14)9(2)13(8)4-11-6-15-7-12-11/h3,5-7H,4H2,1-2H3. The normalized spacial score (nSPS) is 10.5. The Balaban J connectivity index is 2.36. The summed E-state index contributed by atoms with van der Waals surface area (Å²) in [5.41, 5.74) is 5.74. The van der Waals surface area contributed by atoms with Crippen molar-refractivity contribution in [3.05, 3.63) is 39.6 Å². The topological polar surface area (TPSA) is 34.9 Å². The molecule has 0 aliphatic carbocycles. The first-order chi connectivity index (χ1) is 7.22. The summed E-state index contributed by atoms with van der Waals surface area (Å²) in [5.74, 6) is 0. The monoisotopic (exact) mass is 220 g/mol. The summed E-state index contributed by atoms with van der Waals surface area (Å²) in [4.78, 5) is 15.0. The van der Waals surface area contributed by atoms with Crippen LogP contribution in [0.1, 0.15) is 27.4 Å². The highest BCUT2D eigenvalue weighted by Gasteiger charge is 2.08. The average molecular weight is 220 g/mol. The molecule has 0 atom stereocenters. The second-order valence-electron chi connectivity index (χ2n) is 3.51. The van der Waals surface area contributed by atoms with Gasteiger partial charge in [0.2, 0.25) is 0 Å². The minimum atomic E-state index is 0.745. The molecule has 0 N–H and O–H groups in total. The van der Waals surface area contributed by atoms with E-state index in [9.17, 15) is 4.79 Å². The second-order valence-corrected chi connectivity index (χ2v) is 4.23. The van der Waals surface area contributed by atoms with E-state index in [4.69, 9.17) is 0 Å². The Morgan fingerprint density at radius 2 is 2.33 bits per heavy atom. The summed E-state index contributed by atoms with van der Waals surface area (Å²) < 4.78 is 2.11. The largest absolute Gasteiger partial charge is 0.342 e. The van der Waals surface area contributed by atoms with Gasteiger partial charge in [0, 0.05) is 22.3 Å². The molecule has 3 nitrogen and oxygen atoms in total. The molecule has 15 heavy (non-hydrogen) atoms. The Bertz CT molecular complexity index is 471. The van der Waals surface area contributed by atoms with Gasteiger partial charge in [-0.2, -0.15) is 0 Å². The van der Waals surface area contributed by atoms with Crippen LogP contribution in [0.3, 0.4) is 0 Å². The maximum Gasteiger partial charge on any atom is 0.151 e. The zero-order valence-corrected chi connectivity index (χ0v) is 9.54. The van der Waals surface area contributed by atoms with Crippen molar-refractivity contribution in [3.63, 3.8) is 0 Å². The van der Waals surface area contributed by atoms with E-state index >= 15 is 0 Å². The van der Waals surface area contributed by atoms with Crippen LogP contribution in [0, 0.1) is 13.8 Å². The molecular formula is C11H12N2OS. The molecule has 0 bridgehead atoms. The van der Waals surface area contributed by atoms with Crippen molar-refractivity contribution < 1.29 is 4.79 Å². The van der Waals surface area contributed by atoms with Gasteiger partial charge in [0.05, 0.1) is 17.7 Å². The van der Waals surface area contributed by atoms with Crippen LogP contribution in [-0.2, 0) is 6.54 Å². The molecule has 0 unspecified atom stereocenters. The molecule has 0 amide bonds. The molecule has 0 aromatic carbocycles. The first kappa shape index (κ1) is 10.1. The highest BCUT2D eigenvalue weighted by molar-refractivity contribution is 7.07. The van der Waals surface area contributed by atoms with Crippen molar-refractivity contribution in [3.8, 4) is 0 Å². The fourth-order valence-electron chi connectivity index (χ4n) is 1.67. The fraction of sp³-hybridized carbons (Fsp3) is 0.273. The van der Waals surface area contributed by atoms with E-state index in [0.29, 0.717) is 0 Å². The molecule has 2 heterocycles. The van der Waals surface area contributed by atoms with Gasteiger partial charge in [-0.1, -0.05) is 0 Å². The molecule has 0 saturated carbocycles. The SMILES string of the molecule is Cc1cc(C=O)c(C)n1Cc1cscn1. The van der Waals surface area contributed by atoms with Crippen LogP contribution >= 0.6 is 11.3 Å². The van der Waals surface area contributed by atoms with E-state index in [1.54, 1.807) is 11.3 Å². The van der Waals surface area contributed by atoms with Crippen LogP contribution in [-0.4, -0.2) is 15.8 Å². The summed E-state index contributed by atoms with van der Waals surface area (Å²) in [7, 11) is 0. The lowest BCUT2D eigenvalue weighted by atomic mass is 10.3. The minimum absolute atomic E-state index is 0.745. The molecule has 0 spiro atoms. The predicted octanol–water partition coefficient (Wildman–Crippen LogP) is 2.42. The molecular weight excluding hydrogens is 208 g/mol. The lowest BCUT2D eigenvalue weighted by Crippen LogP contribution is -2.04. The molecule has 4 heteroatoms. The lowest BCUT2D eigenvalue weighted by Gasteiger charge is -2.06. The number of aromatic nitrogens is 2. The number of nitrogens with zero attached hydrogens (tertiary/aromatic N) is 2. The van der Waals surface area contributed by atoms with Gasteiger partial charge in [0.1, 0.15) is 0 Å². The molecule has 0 fully saturated rings. The fourth-order valence-corrected chi connectivity index (χ4v) is 2.22. The first-order valence-electron chi connectivity index (χ1n) is 4.71. The van der Waals surface area contributed by atoms with Crippen molar-refractivity contribution in [1.82, 2.24) is 9.55 Å². The summed E-state index contributed by atoms with van der Waals surface area (Å²) in [6, 6.07) is 1.91. The number of hydrogen-bond donors (Lipinski definition) is 0. The molecule has 2 aromatic heterocycles. The van der Waals surface area contributed by atoms with Gasteiger partial charge in [-0.15, -0.1) is 11.3 Å². The number of carbonyl (C=O) groups excluding carboxylic acids is 1. The van der Waals surface area contributed by atoms with Crippen molar-refractivity contribution in [2.45, 2.75) is 20.4 Å². The van der Waals surface area contributed by atoms with Crippen LogP contribution < -0.4 is 0 Å². The van der Waals surface area contributed by atoms with Gasteiger partial charge >= 0.3 is 0 Å². The third-order valence-corrected chi connectivity index (χ3v) is 3.18. The summed E-state index contributed by atoms with van der Waals surface area (Å²) in [5, 5.41) is 2.03. The zero-order chi connectivity index (χ0) is 10.8. The van der Waals surface area contributed by atoms with Gasteiger partial charge in [-0.25, -0.2) is 4.98 Å². The average Bonchev–Trinajstić information content (AvgIpc) is 2.81. The van der Waals surface area contributed by atoms with E-state index in [1.807, 2.05) is 30.8 Å². The van der Waals surface area contributed by atoms with Crippen molar-refractivity contribution >= 4 is 17.6 Å². The van der Waals surface area contributed by atoms with Crippen LogP contribution in [0.2, 0.25) is 0 Å². The van der Waals surface area contributed by atoms with Crippen LogP contribution in [0.5, 0.6) is 0 Å². The summed E-state index contributed by atoms with van der Waals surface area (Å²) in [6.07, 6.45) is 0.903. The maximum atomic E-state index is 10.8. The van der Waals surface area contributed by atoms with E-state index < -0.39 is 0 Å². The molecule has 78 valence electrons. The Morgan fingerprint density at radius 1 is 1.53 bits per heavy atom. The number of aldehydes is 1. The van der Waals surface area contributed by atoms with E-state index in [0.717, 1.165) is 35.5 Å². The Hall–Kier alpha value is -1.42. The van der Waals surface area contributed by atoms with E-state index in [2.05, 4.69) is 9.55 Å². The quantitative estimate of drug-likeness (QED) is 0.744. The molecule has 0 aliphatic heterocycles. The predicted molar refractivity (Wildman–Crippen MR) is 60.5 cm³/mol. The van der Waals surface area contributed by atoms with Gasteiger partial charge < -0.3 is 4.57 Å². The van der Waals surface area contributed by atoms with E-state index in [1.165, 1.54) is 0 Å². The maximum absolute atomic E-state index is 10.8. The number of thiazole rings is 1. The second kappa shape index (κ2) is 3.98. The number of rotatable bonds is 3. The van der Waals surface area contributed by atoms with Crippen LogP contribution in [0.15, 0.2) is 17.0 Å². The molecule has 0 aliphatic rings. The van der Waals surface area contributed by atoms with Crippen molar-refractivity contribution in [2.24, 2.45) is 0 Å². The van der Waals surface area contributed by atoms with Gasteiger partial charge in [0.25, 0.3) is 0 Å². The molecule has 0 saturated heterocycles. The summed E-state index contributed by atoms with van der Waals surface area (Å²) in [6.45, 7) is 4.71. The highest BCUT2D eigenvalue weighted by atomic mass is 32.1. The van der Waals surface area contributed by atoms with Crippen molar-refractivity contribution in [1.29, 1.82) is 0 Å². The molecule has 2 rings (SSSR count). The number of carbonyl (C=O) groups is 1. The third-order valence-electron chi connectivity index (χ3n) is 2.54. The number of hydrogen-bond acceptors (Lipinski definition) is 3. The summed E-state index contributed by atoms with van der Waals surface area (Å²) >= 11 is 1.59. The highest BCUT2D eigenvalue weighted by Crippen LogP contribution is 2.15. The minimum Gasteiger partial charge on any atom is -0.342 e. The van der Waals surface area contributed by atoms with Crippen molar-refractivity contribution in [2.75, 3.05) is 0 Å². The lowest BCUT2D eigenvalue weighted by molar-refractivity contribution is 0.112.